The summed E-state index contributed by atoms with van der Waals surface area (Å²) in [6.45, 7) is 0. The quantitative estimate of drug-likeness (QED) is 0.535. The number of carbonyl (C=O) groups excluding carboxylic acids is 1. The van der Waals surface area contributed by atoms with Crippen molar-refractivity contribution in [2.75, 3.05) is 0 Å². The number of rotatable bonds is 0. The van der Waals surface area contributed by atoms with Crippen molar-refractivity contribution in [1.29, 1.82) is 0 Å². The molecule has 0 bridgehead atoms. The van der Waals surface area contributed by atoms with E-state index in [0.29, 0.717) is 11.8 Å². The van der Waals surface area contributed by atoms with E-state index in [1.807, 2.05) is 0 Å². The van der Waals surface area contributed by atoms with Crippen LogP contribution in [0.25, 0.3) is 0 Å². The van der Waals surface area contributed by atoms with Crippen LogP contribution in [0, 0.1) is 5.41 Å². The van der Waals surface area contributed by atoms with Crippen LogP contribution in [0.2, 0.25) is 0 Å². The molecule has 2 saturated carbocycles. The third-order valence-electron chi connectivity index (χ3n) is 4.32. The first-order valence-corrected chi connectivity index (χ1v) is 5.48. The van der Waals surface area contributed by atoms with Gasteiger partial charge in [-0.05, 0) is 25.7 Å². The summed E-state index contributed by atoms with van der Waals surface area (Å²) in [4.78, 5) is 11.1. The highest BCUT2D eigenvalue weighted by atomic mass is 16.6. The number of ether oxygens (including phenoxy) is 1. The maximum absolute atomic E-state index is 11.1. The summed E-state index contributed by atoms with van der Waals surface area (Å²) in [7, 11) is 0. The molecule has 1 saturated heterocycles. The molecule has 0 aromatic rings. The van der Waals surface area contributed by atoms with Gasteiger partial charge in [0.15, 0.2) is 0 Å². The third kappa shape index (κ3) is 0.918. The first kappa shape index (κ1) is 7.84. The minimum atomic E-state index is 0.0322. The Bertz CT molecular complexity index is 253. The van der Waals surface area contributed by atoms with Gasteiger partial charge in [0.25, 0.3) is 0 Å². The van der Waals surface area contributed by atoms with Crippen molar-refractivity contribution in [3.05, 3.63) is 0 Å². The van der Waals surface area contributed by atoms with Crippen LogP contribution in [0.3, 0.4) is 0 Å². The molecule has 2 aliphatic carbocycles. The second-order valence-corrected chi connectivity index (χ2v) is 4.99. The second kappa shape index (κ2) is 2.28. The van der Waals surface area contributed by atoms with E-state index >= 15 is 0 Å². The Balaban J connectivity index is 1.79. The summed E-state index contributed by atoms with van der Waals surface area (Å²) in [5.41, 5.74) is 0.474. The fourth-order valence-electron chi connectivity index (χ4n) is 3.49. The normalized spacial score (nSPS) is 41.1. The van der Waals surface area contributed by atoms with E-state index < -0.39 is 0 Å². The van der Waals surface area contributed by atoms with Crippen LogP contribution in [-0.2, 0) is 9.53 Å². The molecule has 2 spiro atoms. The lowest BCUT2D eigenvalue weighted by atomic mass is 9.83. The monoisotopic (exact) mass is 180 g/mol. The first-order valence-electron chi connectivity index (χ1n) is 5.48. The lowest BCUT2D eigenvalue weighted by Gasteiger charge is -2.25. The lowest BCUT2D eigenvalue weighted by Crippen LogP contribution is -2.22. The van der Waals surface area contributed by atoms with Crippen molar-refractivity contribution >= 4 is 5.97 Å². The average molecular weight is 180 g/mol. The molecule has 3 aliphatic rings. The molecule has 1 unspecified atom stereocenters. The van der Waals surface area contributed by atoms with E-state index in [4.69, 9.17) is 4.74 Å². The van der Waals surface area contributed by atoms with Gasteiger partial charge >= 0.3 is 5.97 Å². The van der Waals surface area contributed by atoms with Gasteiger partial charge in [-0.1, -0.05) is 19.3 Å². The van der Waals surface area contributed by atoms with Crippen molar-refractivity contribution in [1.82, 2.24) is 0 Å². The zero-order chi connectivity index (χ0) is 8.94. The Morgan fingerprint density at radius 3 is 2.46 bits per heavy atom. The molecule has 2 nitrogen and oxygen atoms in total. The smallest absolute Gasteiger partial charge is 0.306 e. The van der Waals surface area contributed by atoms with Crippen LogP contribution < -0.4 is 0 Å². The summed E-state index contributed by atoms with van der Waals surface area (Å²) in [5.74, 6) is 0.0439. The molecule has 1 aliphatic heterocycles. The Hall–Kier alpha value is -0.530. The van der Waals surface area contributed by atoms with Crippen LogP contribution in [0.1, 0.15) is 51.4 Å². The zero-order valence-corrected chi connectivity index (χ0v) is 7.97. The van der Waals surface area contributed by atoms with Gasteiger partial charge in [-0.2, -0.15) is 0 Å². The van der Waals surface area contributed by atoms with Gasteiger partial charge in [0.05, 0.1) is 0 Å². The molecule has 1 atom stereocenters. The Labute approximate surface area is 78.6 Å². The van der Waals surface area contributed by atoms with Gasteiger partial charge in [-0.25, -0.2) is 0 Å². The molecular weight excluding hydrogens is 164 g/mol. The molecule has 2 heteroatoms. The fourth-order valence-corrected chi connectivity index (χ4v) is 3.49. The molecular formula is C11H16O2. The predicted molar refractivity (Wildman–Crippen MR) is 48.2 cm³/mol. The number of hydrogen-bond donors (Lipinski definition) is 0. The number of carbonyl (C=O) groups is 1. The van der Waals surface area contributed by atoms with E-state index in [0.717, 1.165) is 6.42 Å². The maximum Gasteiger partial charge on any atom is 0.306 e. The molecule has 0 aromatic heterocycles. The topological polar surface area (TPSA) is 26.3 Å². The summed E-state index contributed by atoms with van der Waals surface area (Å²) >= 11 is 0. The summed E-state index contributed by atoms with van der Waals surface area (Å²) < 4.78 is 5.51. The van der Waals surface area contributed by atoms with Crippen LogP contribution in [0.5, 0.6) is 0 Å². The molecule has 0 N–H and O–H groups in total. The van der Waals surface area contributed by atoms with Crippen molar-refractivity contribution in [2.24, 2.45) is 5.41 Å². The minimum absolute atomic E-state index is 0.0322. The highest BCUT2D eigenvalue weighted by molar-refractivity contribution is 5.73. The van der Waals surface area contributed by atoms with E-state index in [9.17, 15) is 4.79 Å². The molecule has 3 fully saturated rings. The maximum atomic E-state index is 11.1. The first-order chi connectivity index (χ1) is 6.27. The summed E-state index contributed by atoms with van der Waals surface area (Å²) in [5, 5.41) is 0. The Kier molecular flexibility index (Phi) is 1.38. The Morgan fingerprint density at radius 2 is 1.85 bits per heavy atom. The number of esters is 1. The van der Waals surface area contributed by atoms with Gasteiger partial charge in [0.2, 0.25) is 0 Å². The molecule has 1 heterocycles. The van der Waals surface area contributed by atoms with E-state index in [1.54, 1.807) is 0 Å². The third-order valence-corrected chi connectivity index (χ3v) is 4.32. The average Bonchev–Trinajstić information content (AvgIpc) is 2.52. The largest absolute Gasteiger partial charge is 0.458 e. The molecule has 0 aromatic carbocycles. The van der Waals surface area contributed by atoms with E-state index in [-0.39, 0.29) is 11.6 Å². The lowest BCUT2D eigenvalue weighted by molar-refractivity contribution is -0.144. The molecule has 3 rings (SSSR count). The SMILES string of the molecule is O=C1CCC2(CC23CCCCC3)O1. The van der Waals surface area contributed by atoms with Crippen molar-refractivity contribution < 1.29 is 9.53 Å². The van der Waals surface area contributed by atoms with Gasteiger partial charge in [0, 0.05) is 11.8 Å². The number of hydrogen-bond acceptors (Lipinski definition) is 2. The summed E-state index contributed by atoms with van der Waals surface area (Å²) in [6, 6.07) is 0. The van der Waals surface area contributed by atoms with Crippen LogP contribution >= 0.6 is 0 Å². The minimum Gasteiger partial charge on any atom is -0.458 e. The van der Waals surface area contributed by atoms with E-state index in [1.165, 1.54) is 38.5 Å². The number of fused-ring (bicyclic) bond motifs is 1. The molecule has 0 amide bonds. The molecule has 13 heavy (non-hydrogen) atoms. The molecule has 72 valence electrons. The van der Waals surface area contributed by atoms with Crippen LogP contribution in [0.15, 0.2) is 0 Å². The van der Waals surface area contributed by atoms with Crippen molar-refractivity contribution in [3.8, 4) is 0 Å². The predicted octanol–water partition coefficient (Wildman–Crippen LogP) is 2.42. The zero-order valence-electron chi connectivity index (χ0n) is 7.97. The van der Waals surface area contributed by atoms with Gasteiger partial charge in [0.1, 0.15) is 5.60 Å². The second-order valence-electron chi connectivity index (χ2n) is 4.99. The van der Waals surface area contributed by atoms with E-state index in [2.05, 4.69) is 0 Å². The molecule has 0 radical (unpaired) electrons. The van der Waals surface area contributed by atoms with Crippen LogP contribution in [-0.4, -0.2) is 11.6 Å². The van der Waals surface area contributed by atoms with Gasteiger partial charge in [-0.3, -0.25) is 4.79 Å². The highest BCUT2D eigenvalue weighted by Gasteiger charge is 2.71. The van der Waals surface area contributed by atoms with Gasteiger partial charge < -0.3 is 4.74 Å². The standard InChI is InChI=1S/C11H16O2/c12-9-4-7-11(13-9)8-10(11)5-2-1-3-6-10/h1-8H2. The summed E-state index contributed by atoms with van der Waals surface area (Å²) in [6.07, 6.45) is 9.53. The fraction of sp³-hybridized carbons (Fsp3) is 0.909. The highest BCUT2D eigenvalue weighted by Crippen LogP contribution is 2.69. The van der Waals surface area contributed by atoms with Gasteiger partial charge in [-0.15, -0.1) is 0 Å². The Morgan fingerprint density at radius 1 is 1.08 bits per heavy atom. The van der Waals surface area contributed by atoms with Crippen molar-refractivity contribution in [3.63, 3.8) is 0 Å². The van der Waals surface area contributed by atoms with Crippen LogP contribution in [0.4, 0.5) is 0 Å². The van der Waals surface area contributed by atoms with Crippen molar-refractivity contribution in [2.45, 2.75) is 57.0 Å².